The maximum absolute atomic E-state index is 11.4. The van der Waals surface area contributed by atoms with Crippen molar-refractivity contribution in [1.29, 1.82) is 5.26 Å². The number of hydrogen-bond acceptors (Lipinski definition) is 6. The van der Waals surface area contributed by atoms with Gasteiger partial charge in [-0.15, -0.1) is 0 Å². The average molecular weight is 351 g/mol. The van der Waals surface area contributed by atoms with E-state index in [1.165, 1.54) is 18.2 Å². The molecule has 2 N–H and O–H groups in total. The Kier molecular flexibility index (Phi) is 6.01. The normalized spacial score (nSPS) is 10.7. The lowest BCUT2D eigenvalue weighted by molar-refractivity contribution is -0.384. The van der Waals surface area contributed by atoms with Crippen LogP contribution in [0.5, 0.6) is 0 Å². The number of nitro groups is 1. The highest BCUT2D eigenvalue weighted by Gasteiger charge is 2.14. The maximum atomic E-state index is 11.4. The largest absolute Gasteiger partial charge is 0.326 e. The Morgan fingerprint density at radius 2 is 1.96 bits per heavy atom. The third-order valence-electron chi connectivity index (χ3n) is 3.58. The van der Waals surface area contributed by atoms with Crippen LogP contribution >= 0.6 is 0 Å². The predicted octanol–water partition coefficient (Wildman–Crippen LogP) is 3.65. The van der Waals surface area contributed by atoms with Crippen molar-refractivity contribution in [1.82, 2.24) is 0 Å². The average Bonchev–Trinajstić information content (AvgIpc) is 2.66. The highest BCUT2D eigenvalue weighted by molar-refractivity contribution is 6.00. The molecule has 2 aromatic carbocycles. The van der Waals surface area contributed by atoms with Gasteiger partial charge in [-0.25, -0.2) is 0 Å². The van der Waals surface area contributed by atoms with Crippen LogP contribution in [0.25, 0.3) is 0 Å². The molecule has 0 unspecified atom stereocenters. The van der Waals surface area contributed by atoms with Crippen molar-refractivity contribution < 1.29 is 9.72 Å². The molecular weight excluding hydrogens is 334 g/mol. The molecule has 8 heteroatoms. The molecule has 0 bridgehead atoms. The summed E-state index contributed by atoms with van der Waals surface area (Å²) in [5, 5.41) is 26.9. The van der Waals surface area contributed by atoms with Crippen LogP contribution in [0.4, 0.5) is 17.1 Å². The number of amides is 1. The first-order valence-electron chi connectivity index (χ1n) is 7.83. The van der Waals surface area contributed by atoms with Crippen LogP contribution in [0.3, 0.4) is 0 Å². The van der Waals surface area contributed by atoms with E-state index >= 15 is 0 Å². The van der Waals surface area contributed by atoms with Crippen molar-refractivity contribution >= 4 is 28.7 Å². The van der Waals surface area contributed by atoms with E-state index in [4.69, 9.17) is 5.26 Å². The molecule has 0 aliphatic rings. The van der Waals surface area contributed by atoms with Gasteiger partial charge in [-0.05, 0) is 36.8 Å². The van der Waals surface area contributed by atoms with E-state index in [1.54, 1.807) is 38.1 Å². The molecule has 0 aliphatic heterocycles. The summed E-state index contributed by atoms with van der Waals surface area (Å²) < 4.78 is 0. The zero-order chi connectivity index (χ0) is 19.1. The quantitative estimate of drug-likeness (QED) is 0.467. The molecule has 0 aliphatic carbocycles. The van der Waals surface area contributed by atoms with Crippen molar-refractivity contribution in [2.45, 2.75) is 20.3 Å². The third kappa shape index (κ3) is 4.64. The molecule has 0 atom stereocenters. The van der Waals surface area contributed by atoms with Gasteiger partial charge in [0.2, 0.25) is 5.91 Å². The van der Waals surface area contributed by atoms with Gasteiger partial charge in [0.25, 0.3) is 5.69 Å². The van der Waals surface area contributed by atoms with E-state index in [-0.39, 0.29) is 22.8 Å². The fourth-order valence-corrected chi connectivity index (χ4v) is 2.10. The fourth-order valence-electron chi connectivity index (χ4n) is 2.10. The van der Waals surface area contributed by atoms with Gasteiger partial charge in [0.05, 0.1) is 22.3 Å². The zero-order valence-electron chi connectivity index (χ0n) is 14.3. The Morgan fingerprint density at radius 3 is 2.54 bits per heavy atom. The summed E-state index contributed by atoms with van der Waals surface area (Å²) in [7, 11) is 0. The summed E-state index contributed by atoms with van der Waals surface area (Å²) in [4.78, 5) is 21.9. The van der Waals surface area contributed by atoms with Crippen molar-refractivity contribution in [2.75, 3.05) is 10.7 Å². The van der Waals surface area contributed by atoms with Crippen LogP contribution in [0, 0.1) is 21.4 Å². The van der Waals surface area contributed by atoms with E-state index in [2.05, 4.69) is 15.8 Å². The van der Waals surface area contributed by atoms with Crippen LogP contribution in [0.1, 0.15) is 31.4 Å². The van der Waals surface area contributed by atoms with E-state index in [0.717, 1.165) is 5.56 Å². The van der Waals surface area contributed by atoms with Crippen LogP contribution in [-0.4, -0.2) is 16.5 Å². The minimum atomic E-state index is -0.570. The van der Waals surface area contributed by atoms with Crippen molar-refractivity contribution in [3.05, 3.63) is 63.7 Å². The lowest BCUT2D eigenvalue weighted by Gasteiger charge is -2.07. The summed E-state index contributed by atoms with van der Waals surface area (Å²) in [5.74, 6) is -0.0714. The topological polar surface area (TPSA) is 120 Å². The second-order valence-electron chi connectivity index (χ2n) is 5.39. The molecule has 0 radical (unpaired) electrons. The molecule has 1 amide bonds. The molecule has 0 saturated carbocycles. The second kappa shape index (κ2) is 8.39. The molecule has 0 fully saturated rings. The molecule has 0 spiro atoms. The summed E-state index contributed by atoms with van der Waals surface area (Å²) in [6.45, 7) is 3.52. The van der Waals surface area contributed by atoms with E-state index < -0.39 is 4.92 Å². The molecule has 2 aromatic rings. The Labute approximate surface area is 150 Å². The van der Waals surface area contributed by atoms with Crippen LogP contribution in [0.2, 0.25) is 0 Å². The van der Waals surface area contributed by atoms with E-state index in [9.17, 15) is 14.9 Å². The van der Waals surface area contributed by atoms with Gasteiger partial charge in [0.15, 0.2) is 0 Å². The van der Waals surface area contributed by atoms with E-state index in [1.807, 2.05) is 6.07 Å². The number of nitrogens with zero attached hydrogens (tertiary/aromatic N) is 3. The van der Waals surface area contributed by atoms with E-state index in [0.29, 0.717) is 17.8 Å². The molecule has 132 valence electrons. The predicted molar refractivity (Wildman–Crippen MR) is 99.0 cm³/mol. The molecule has 0 aromatic heterocycles. The van der Waals surface area contributed by atoms with Crippen molar-refractivity contribution in [3.63, 3.8) is 0 Å². The lowest BCUT2D eigenvalue weighted by atomic mass is 10.1. The molecule has 2 rings (SSSR count). The minimum Gasteiger partial charge on any atom is -0.326 e. The third-order valence-corrected chi connectivity index (χ3v) is 3.58. The Balaban J connectivity index is 2.17. The smallest absolute Gasteiger partial charge is 0.295 e. The van der Waals surface area contributed by atoms with Gasteiger partial charge < -0.3 is 5.32 Å². The standard InChI is InChI=1S/C18H17N5O3/c1-3-18(24)20-15-7-5-14(6-8-15)12(2)21-22-16-9-4-13(11-19)10-17(16)23(25)26/h4-10,22H,3H2,1-2H3,(H,20,24)/b21-12+. The Morgan fingerprint density at radius 1 is 1.27 bits per heavy atom. The van der Waals surface area contributed by atoms with Gasteiger partial charge in [-0.3, -0.25) is 20.3 Å². The van der Waals surface area contributed by atoms with Gasteiger partial charge in [0, 0.05) is 18.2 Å². The van der Waals surface area contributed by atoms with Crippen molar-refractivity contribution in [2.24, 2.45) is 5.10 Å². The molecule has 0 saturated heterocycles. The number of rotatable bonds is 6. The number of carbonyl (C=O) groups excluding carboxylic acids is 1. The first-order valence-corrected chi connectivity index (χ1v) is 7.83. The Hall–Kier alpha value is -3.73. The van der Waals surface area contributed by atoms with Crippen molar-refractivity contribution in [3.8, 4) is 6.07 Å². The zero-order valence-corrected chi connectivity index (χ0v) is 14.3. The SMILES string of the molecule is CCC(=O)Nc1ccc(/C(C)=N/Nc2ccc(C#N)cc2[N+](=O)[O-])cc1. The van der Waals surface area contributed by atoms with Gasteiger partial charge in [-0.1, -0.05) is 19.1 Å². The first-order chi connectivity index (χ1) is 12.4. The van der Waals surface area contributed by atoms with Crippen LogP contribution in [0.15, 0.2) is 47.6 Å². The highest BCUT2D eigenvalue weighted by Crippen LogP contribution is 2.25. The molecular formula is C18H17N5O3. The van der Waals surface area contributed by atoms with Gasteiger partial charge >= 0.3 is 0 Å². The van der Waals surface area contributed by atoms with Gasteiger partial charge in [0.1, 0.15) is 5.69 Å². The van der Waals surface area contributed by atoms with Crippen LogP contribution in [-0.2, 0) is 4.79 Å². The maximum Gasteiger partial charge on any atom is 0.295 e. The lowest BCUT2D eigenvalue weighted by Crippen LogP contribution is -2.09. The number of anilines is 2. The fraction of sp³-hybridized carbons (Fsp3) is 0.167. The summed E-state index contributed by atoms with van der Waals surface area (Å²) in [5.41, 5.74) is 4.93. The first kappa shape index (κ1) is 18.6. The highest BCUT2D eigenvalue weighted by atomic mass is 16.6. The number of nitro benzene ring substituents is 1. The number of nitriles is 1. The summed E-state index contributed by atoms with van der Waals surface area (Å²) in [6.07, 6.45) is 0.398. The minimum absolute atomic E-state index is 0.0714. The summed E-state index contributed by atoms with van der Waals surface area (Å²) >= 11 is 0. The Bertz CT molecular complexity index is 898. The number of hydrogen-bond donors (Lipinski definition) is 2. The second-order valence-corrected chi connectivity index (χ2v) is 5.39. The molecule has 26 heavy (non-hydrogen) atoms. The molecule has 8 nitrogen and oxygen atoms in total. The summed E-state index contributed by atoms with van der Waals surface area (Å²) in [6, 6.07) is 13.1. The monoisotopic (exact) mass is 351 g/mol. The van der Waals surface area contributed by atoms with Gasteiger partial charge in [-0.2, -0.15) is 10.4 Å². The number of carbonyl (C=O) groups is 1. The number of nitrogens with one attached hydrogen (secondary N) is 2. The number of hydrazone groups is 1. The molecule has 0 heterocycles. The van der Waals surface area contributed by atoms with Crippen LogP contribution < -0.4 is 10.7 Å². The number of benzene rings is 2.